The molecule has 6 nitrogen and oxygen atoms in total. The summed E-state index contributed by atoms with van der Waals surface area (Å²) in [5.41, 5.74) is 1.23. The number of nitrogens with zero attached hydrogens (tertiary/aromatic N) is 3. The second kappa shape index (κ2) is 5.23. The summed E-state index contributed by atoms with van der Waals surface area (Å²) in [7, 11) is 0. The summed E-state index contributed by atoms with van der Waals surface area (Å²) >= 11 is 5.78. The number of imidazole rings is 1. The third-order valence-electron chi connectivity index (χ3n) is 3.32. The largest absolute Gasteiger partial charge is 0.288 e. The van der Waals surface area contributed by atoms with Crippen LogP contribution in [0.2, 0.25) is 5.02 Å². The zero-order valence-corrected chi connectivity index (χ0v) is 12.2. The quantitative estimate of drug-likeness (QED) is 0.534. The predicted molar refractivity (Wildman–Crippen MR) is 82.3 cm³/mol. The van der Waals surface area contributed by atoms with E-state index in [2.05, 4.69) is 4.98 Å². The zero-order valence-electron chi connectivity index (χ0n) is 11.5. The van der Waals surface area contributed by atoms with Gasteiger partial charge in [-0.2, -0.15) is 0 Å². The molecule has 1 aromatic heterocycles. The Morgan fingerprint density at radius 2 is 2.00 bits per heavy atom. The average molecular weight is 316 g/mol. The van der Waals surface area contributed by atoms with E-state index < -0.39 is 4.92 Å². The SMILES string of the molecule is Cc1nc2ccccc2n1C(=O)c1ccc(Cl)c([N+](=O)[O-])c1. The van der Waals surface area contributed by atoms with Crippen LogP contribution in [0.25, 0.3) is 11.0 Å². The summed E-state index contributed by atoms with van der Waals surface area (Å²) < 4.78 is 1.43. The number of aryl methyl sites for hydroxylation is 1. The highest BCUT2D eigenvalue weighted by atomic mass is 35.5. The van der Waals surface area contributed by atoms with Crippen LogP contribution in [-0.2, 0) is 0 Å². The lowest BCUT2D eigenvalue weighted by molar-refractivity contribution is -0.384. The van der Waals surface area contributed by atoms with E-state index in [0.717, 1.165) is 0 Å². The van der Waals surface area contributed by atoms with Crippen molar-refractivity contribution in [2.45, 2.75) is 6.92 Å². The van der Waals surface area contributed by atoms with Crippen LogP contribution in [0, 0.1) is 17.0 Å². The molecule has 0 aliphatic carbocycles. The average Bonchev–Trinajstić information content (AvgIpc) is 2.82. The number of para-hydroxylation sites is 2. The van der Waals surface area contributed by atoms with E-state index in [-0.39, 0.29) is 22.2 Å². The fourth-order valence-electron chi connectivity index (χ4n) is 2.32. The van der Waals surface area contributed by atoms with Gasteiger partial charge in [0.05, 0.1) is 16.0 Å². The van der Waals surface area contributed by atoms with E-state index in [4.69, 9.17) is 11.6 Å². The maximum atomic E-state index is 12.7. The van der Waals surface area contributed by atoms with E-state index in [1.165, 1.54) is 22.8 Å². The van der Waals surface area contributed by atoms with Gasteiger partial charge in [0.2, 0.25) is 0 Å². The fraction of sp³-hybridized carbons (Fsp3) is 0.0667. The van der Waals surface area contributed by atoms with Crippen LogP contribution in [0.4, 0.5) is 5.69 Å². The third-order valence-corrected chi connectivity index (χ3v) is 3.64. The number of halogens is 1. The lowest BCUT2D eigenvalue weighted by Gasteiger charge is -2.06. The Kier molecular flexibility index (Phi) is 3.38. The summed E-state index contributed by atoms with van der Waals surface area (Å²) in [5, 5.41) is 10.9. The summed E-state index contributed by atoms with van der Waals surface area (Å²) in [5.74, 6) is 0.134. The smallest absolute Gasteiger partial charge is 0.268 e. The highest BCUT2D eigenvalue weighted by Gasteiger charge is 2.20. The molecule has 3 aromatic rings. The molecule has 0 atom stereocenters. The molecule has 0 saturated carbocycles. The molecule has 0 aliphatic rings. The van der Waals surface area contributed by atoms with Gasteiger partial charge >= 0.3 is 0 Å². The first-order valence-corrected chi connectivity index (χ1v) is 6.79. The van der Waals surface area contributed by atoms with Crippen molar-refractivity contribution in [2.75, 3.05) is 0 Å². The van der Waals surface area contributed by atoms with Gasteiger partial charge in [-0.3, -0.25) is 19.5 Å². The van der Waals surface area contributed by atoms with Crippen molar-refractivity contribution in [3.05, 3.63) is 69.0 Å². The molecule has 7 heteroatoms. The number of hydrogen-bond acceptors (Lipinski definition) is 4. The second-order valence-electron chi connectivity index (χ2n) is 4.71. The summed E-state index contributed by atoms with van der Waals surface area (Å²) in [6.45, 7) is 1.71. The van der Waals surface area contributed by atoms with Crippen molar-refractivity contribution in [1.82, 2.24) is 9.55 Å². The zero-order chi connectivity index (χ0) is 15.9. The Morgan fingerprint density at radius 1 is 1.27 bits per heavy atom. The molecule has 1 heterocycles. The summed E-state index contributed by atoms with van der Waals surface area (Å²) in [6.07, 6.45) is 0. The van der Waals surface area contributed by atoms with Crippen LogP contribution in [0.3, 0.4) is 0 Å². The highest BCUT2D eigenvalue weighted by Crippen LogP contribution is 2.26. The van der Waals surface area contributed by atoms with Crippen LogP contribution in [0.1, 0.15) is 16.2 Å². The molecule has 0 bridgehead atoms. The number of benzene rings is 2. The molecule has 0 fully saturated rings. The van der Waals surface area contributed by atoms with Crippen LogP contribution >= 0.6 is 11.6 Å². The molecule has 0 spiro atoms. The minimum absolute atomic E-state index is 0.00578. The fourth-order valence-corrected chi connectivity index (χ4v) is 2.50. The molecule has 0 radical (unpaired) electrons. The topological polar surface area (TPSA) is 78.0 Å². The maximum absolute atomic E-state index is 12.7. The molecule has 2 aromatic carbocycles. The van der Waals surface area contributed by atoms with Crippen molar-refractivity contribution >= 4 is 34.2 Å². The van der Waals surface area contributed by atoms with Gasteiger partial charge in [0.25, 0.3) is 11.6 Å². The molecule has 3 rings (SSSR count). The summed E-state index contributed by atoms with van der Waals surface area (Å²) in [6, 6.07) is 11.2. The maximum Gasteiger partial charge on any atom is 0.288 e. The minimum Gasteiger partial charge on any atom is -0.268 e. The number of nitro groups is 1. The highest BCUT2D eigenvalue weighted by molar-refractivity contribution is 6.32. The van der Waals surface area contributed by atoms with Crippen LogP contribution < -0.4 is 0 Å². The third kappa shape index (κ3) is 2.23. The number of carbonyl (C=O) groups is 1. The van der Waals surface area contributed by atoms with Gasteiger partial charge in [-0.1, -0.05) is 23.7 Å². The number of aromatic nitrogens is 2. The summed E-state index contributed by atoms with van der Waals surface area (Å²) in [4.78, 5) is 27.3. The number of rotatable bonds is 2. The van der Waals surface area contributed by atoms with Gasteiger partial charge < -0.3 is 0 Å². The van der Waals surface area contributed by atoms with Gasteiger partial charge in [-0.25, -0.2) is 4.98 Å². The molecule has 0 unspecified atom stereocenters. The first kappa shape index (κ1) is 14.2. The van der Waals surface area contributed by atoms with E-state index in [9.17, 15) is 14.9 Å². The molecule has 0 amide bonds. The van der Waals surface area contributed by atoms with Crippen molar-refractivity contribution in [3.8, 4) is 0 Å². The van der Waals surface area contributed by atoms with Crippen molar-refractivity contribution in [1.29, 1.82) is 0 Å². The van der Waals surface area contributed by atoms with Gasteiger partial charge in [-0.15, -0.1) is 0 Å². The van der Waals surface area contributed by atoms with Gasteiger partial charge in [0, 0.05) is 11.6 Å². The number of carbonyl (C=O) groups excluding carboxylic acids is 1. The molecule has 0 N–H and O–H groups in total. The van der Waals surface area contributed by atoms with Crippen LogP contribution in [0.5, 0.6) is 0 Å². The van der Waals surface area contributed by atoms with Crippen LogP contribution in [-0.4, -0.2) is 20.4 Å². The monoisotopic (exact) mass is 315 g/mol. The van der Waals surface area contributed by atoms with Crippen molar-refractivity contribution < 1.29 is 9.72 Å². The van der Waals surface area contributed by atoms with Crippen molar-refractivity contribution in [3.63, 3.8) is 0 Å². The predicted octanol–water partition coefficient (Wildman–Crippen LogP) is 3.59. The number of fused-ring (bicyclic) bond motifs is 1. The number of nitro benzene ring substituents is 1. The molecule has 0 saturated heterocycles. The van der Waals surface area contributed by atoms with E-state index >= 15 is 0 Å². The number of hydrogen-bond donors (Lipinski definition) is 0. The first-order chi connectivity index (χ1) is 10.5. The van der Waals surface area contributed by atoms with Crippen molar-refractivity contribution in [2.24, 2.45) is 0 Å². The van der Waals surface area contributed by atoms with Gasteiger partial charge in [0.15, 0.2) is 0 Å². The Hall–Kier alpha value is -2.73. The normalized spacial score (nSPS) is 10.8. The minimum atomic E-state index is -0.613. The van der Waals surface area contributed by atoms with E-state index in [1.807, 2.05) is 6.07 Å². The Labute approximate surface area is 130 Å². The second-order valence-corrected chi connectivity index (χ2v) is 5.12. The molecular weight excluding hydrogens is 306 g/mol. The molecule has 110 valence electrons. The Balaban J connectivity index is 2.16. The van der Waals surface area contributed by atoms with E-state index in [1.54, 1.807) is 25.1 Å². The first-order valence-electron chi connectivity index (χ1n) is 6.42. The molecule has 22 heavy (non-hydrogen) atoms. The van der Waals surface area contributed by atoms with Crippen LogP contribution in [0.15, 0.2) is 42.5 Å². The Bertz CT molecular complexity index is 918. The van der Waals surface area contributed by atoms with Gasteiger partial charge in [-0.05, 0) is 31.2 Å². The molecule has 0 aliphatic heterocycles. The van der Waals surface area contributed by atoms with E-state index in [0.29, 0.717) is 16.9 Å². The standard InChI is InChI=1S/C15H10ClN3O3/c1-9-17-12-4-2-3-5-13(12)18(9)15(20)10-6-7-11(16)14(8-10)19(21)22/h2-8H,1H3. The Morgan fingerprint density at radius 3 is 2.73 bits per heavy atom. The van der Waals surface area contributed by atoms with Gasteiger partial charge in [0.1, 0.15) is 10.8 Å². The lowest BCUT2D eigenvalue weighted by Crippen LogP contribution is -2.13. The lowest BCUT2D eigenvalue weighted by atomic mass is 10.2. The molecular formula is C15H10ClN3O3.